The van der Waals surface area contributed by atoms with Crippen LogP contribution in [0.5, 0.6) is 0 Å². The van der Waals surface area contributed by atoms with E-state index >= 15 is 0 Å². The monoisotopic (exact) mass is 342 g/mol. The summed E-state index contributed by atoms with van der Waals surface area (Å²) < 4.78 is 17.1. The van der Waals surface area contributed by atoms with Gasteiger partial charge in [-0.25, -0.2) is 4.39 Å². The second kappa shape index (κ2) is 5.02. The largest absolute Gasteiger partial charge is 0.331 e. The van der Waals surface area contributed by atoms with Gasteiger partial charge in [0.05, 0.1) is 15.5 Å². The minimum Gasteiger partial charge on any atom is -0.331 e. The molecule has 0 aliphatic heterocycles. The molecule has 3 rings (SSSR count). The van der Waals surface area contributed by atoms with Gasteiger partial charge in [-0.05, 0) is 53.0 Å². The standard InChI is InChI=1S/C14H16BrFN2S/c1-8-3-2-4-9(5-8)18-13-7-11(16)10(15)6-12(13)17-14(18)19/h6-9H,2-5H2,1H3,(H,17,19). The van der Waals surface area contributed by atoms with Crippen LogP contribution in [0.4, 0.5) is 4.39 Å². The van der Waals surface area contributed by atoms with Gasteiger partial charge in [0.15, 0.2) is 4.77 Å². The van der Waals surface area contributed by atoms with Crippen LogP contribution in [-0.2, 0) is 0 Å². The number of hydrogen-bond acceptors (Lipinski definition) is 1. The van der Waals surface area contributed by atoms with Crippen molar-refractivity contribution in [2.75, 3.05) is 0 Å². The first kappa shape index (κ1) is 13.3. The fraction of sp³-hybridized carbons (Fsp3) is 0.500. The Hall–Kier alpha value is -0.680. The smallest absolute Gasteiger partial charge is 0.178 e. The number of benzene rings is 1. The van der Waals surface area contributed by atoms with Gasteiger partial charge in [0.2, 0.25) is 0 Å². The number of aromatic nitrogens is 2. The van der Waals surface area contributed by atoms with Crippen LogP contribution in [0, 0.1) is 16.5 Å². The summed E-state index contributed by atoms with van der Waals surface area (Å²) in [4.78, 5) is 3.19. The highest BCUT2D eigenvalue weighted by Crippen LogP contribution is 2.35. The zero-order chi connectivity index (χ0) is 13.6. The molecule has 2 aromatic rings. The number of halogens is 2. The van der Waals surface area contributed by atoms with E-state index in [0.29, 0.717) is 21.2 Å². The molecule has 0 radical (unpaired) electrons. The first-order chi connectivity index (χ1) is 9.06. The van der Waals surface area contributed by atoms with E-state index in [9.17, 15) is 4.39 Å². The normalized spacial score (nSPS) is 23.9. The number of fused-ring (bicyclic) bond motifs is 1. The zero-order valence-corrected chi connectivity index (χ0v) is 13.2. The molecule has 1 saturated carbocycles. The fourth-order valence-electron chi connectivity index (χ4n) is 3.12. The first-order valence-corrected chi connectivity index (χ1v) is 7.85. The topological polar surface area (TPSA) is 20.7 Å². The number of nitrogens with zero attached hydrogens (tertiary/aromatic N) is 1. The van der Waals surface area contributed by atoms with E-state index in [1.807, 2.05) is 0 Å². The van der Waals surface area contributed by atoms with E-state index in [0.717, 1.165) is 23.9 Å². The molecule has 2 atom stereocenters. The second-order valence-corrected chi connectivity index (χ2v) is 6.75. The Morgan fingerprint density at radius 2 is 2.21 bits per heavy atom. The van der Waals surface area contributed by atoms with Crippen molar-refractivity contribution in [2.24, 2.45) is 5.92 Å². The molecule has 1 heterocycles. The summed E-state index contributed by atoms with van der Waals surface area (Å²) in [6.45, 7) is 2.28. The molecule has 0 spiro atoms. The lowest BCUT2D eigenvalue weighted by Crippen LogP contribution is -2.17. The molecule has 1 aliphatic rings. The average Bonchev–Trinajstić information content (AvgIpc) is 2.65. The van der Waals surface area contributed by atoms with Crippen LogP contribution < -0.4 is 0 Å². The maximum Gasteiger partial charge on any atom is 0.178 e. The van der Waals surface area contributed by atoms with Crippen molar-refractivity contribution in [3.8, 4) is 0 Å². The third-order valence-corrected chi connectivity index (χ3v) is 4.94. The SMILES string of the molecule is CC1CCCC(n2c(=S)[nH]c3cc(Br)c(F)cc32)C1. The van der Waals surface area contributed by atoms with Crippen molar-refractivity contribution in [1.82, 2.24) is 9.55 Å². The molecule has 5 heteroatoms. The Balaban J connectivity index is 2.14. The molecule has 2 unspecified atom stereocenters. The number of nitrogens with one attached hydrogen (secondary N) is 1. The lowest BCUT2D eigenvalue weighted by atomic mass is 9.87. The van der Waals surface area contributed by atoms with Crippen molar-refractivity contribution in [3.05, 3.63) is 27.2 Å². The van der Waals surface area contributed by atoms with Crippen LogP contribution >= 0.6 is 28.1 Å². The maximum atomic E-state index is 13.8. The van der Waals surface area contributed by atoms with Crippen LogP contribution in [0.3, 0.4) is 0 Å². The summed E-state index contributed by atoms with van der Waals surface area (Å²) in [5.74, 6) is 0.477. The van der Waals surface area contributed by atoms with Crippen LogP contribution in [-0.4, -0.2) is 9.55 Å². The van der Waals surface area contributed by atoms with Crippen molar-refractivity contribution in [3.63, 3.8) is 0 Å². The van der Waals surface area contributed by atoms with Gasteiger partial charge in [0.25, 0.3) is 0 Å². The van der Waals surface area contributed by atoms with Gasteiger partial charge in [-0.15, -0.1) is 0 Å². The molecule has 19 heavy (non-hydrogen) atoms. The van der Waals surface area contributed by atoms with Gasteiger partial charge in [-0.2, -0.15) is 0 Å². The highest BCUT2D eigenvalue weighted by Gasteiger charge is 2.23. The third kappa shape index (κ3) is 2.38. The minimum atomic E-state index is -0.237. The highest BCUT2D eigenvalue weighted by molar-refractivity contribution is 9.10. The Morgan fingerprint density at radius 1 is 1.42 bits per heavy atom. The molecule has 2 nitrogen and oxygen atoms in total. The molecule has 0 amide bonds. The van der Waals surface area contributed by atoms with Crippen molar-refractivity contribution < 1.29 is 4.39 Å². The number of H-pyrrole nitrogens is 1. The van der Waals surface area contributed by atoms with E-state index < -0.39 is 0 Å². The van der Waals surface area contributed by atoms with Gasteiger partial charge in [0.1, 0.15) is 5.82 Å². The Labute approximate surface area is 125 Å². The van der Waals surface area contributed by atoms with Crippen LogP contribution in [0.25, 0.3) is 11.0 Å². The average molecular weight is 343 g/mol. The summed E-state index contributed by atoms with van der Waals surface area (Å²) in [5, 5.41) is 0. The summed E-state index contributed by atoms with van der Waals surface area (Å²) >= 11 is 8.65. The van der Waals surface area contributed by atoms with Crippen LogP contribution in [0.15, 0.2) is 16.6 Å². The zero-order valence-electron chi connectivity index (χ0n) is 10.7. The van der Waals surface area contributed by atoms with E-state index in [1.165, 1.54) is 12.8 Å². The third-order valence-electron chi connectivity index (χ3n) is 4.03. The molecule has 1 aliphatic carbocycles. The highest BCUT2D eigenvalue weighted by atomic mass is 79.9. The van der Waals surface area contributed by atoms with Crippen molar-refractivity contribution in [2.45, 2.75) is 38.6 Å². The van der Waals surface area contributed by atoms with E-state index in [-0.39, 0.29) is 5.82 Å². The molecular weight excluding hydrogens is 327 g/mol. The quantitative estimate of drug-likeness (QED) is 0.692. The van der Waals surface area contributed by atoms with Gasteiger partial charge in [-0.1, -0.05) is 19.8 Å². The number of aromatic amines is 1. The Morgan fingerprint density at radius 3 is 2.95 bits per heavy atom. The molecule has 1 aromatic carbocycles. The predicted octanol–water partition coefficient (Wildman–Crippen LogP) is 5.35. The first-order valence-electron chi connectivity index (χ1n) is 6.65. The Bertz CT molecular complexity index is 676. The molecule has 1 fully saturated rings. The van der Waals surface area contributed by atoms with Gasteiger partial charge in [-0.3, -0.25) is 0 Å². The van der Waals surface area contributed by atoms with Gasteiger partial charge >= 0.3 is 0 Å². The minimum absolute atomic E-state index is 0.237. The number of rotatable bonds is 1. The van der Waals surface area contributed by atoms with Crippen LogP contribution in [0.1, 0.15) is 38.6 Å². The number of imidazole rings is 1. The second-order valence-electron chi connectivity index (χ2n) is 5.51. The van der Waals surface area contributed by atoms with E-state index in [1.54, 1.807) is 12.1 Å². The molecule has 1 aromatic heterocycles. The summed E-state index contributed by atoms with van der Waals surface area (Å²) in [7, 11) is 0. The van der Waals surface area contributed by atoms with Gasteiger partial charge < -0.3 is 9.55 Å². The molecule has 1 N–H and O–H groups in total. The molecule has 0 saturated heterocycles. The van der Waals surface area contributed by atoms with E-state index in [4.69, 9.17) is 12.2 Å². The molecule has 102 valence electrons. The molecular formula is C14H16BrFN2S. The fourth-order valence-corrected chi connectivity index (χ4v) is 3.82. The summed E-state index contributed by atoms with van der Waals surface area (Å²) in [6.07, 6.45) is 4.76. The van der Waals surface area contributed by atoms with E-state index in [2.05, 4.69) is 32.4 Å². The van der Waals surface area contributed by atoms with Crippen LogP contribution in [0.2, 0.25) is 0 Å². The van der Waals surface area contributed by atoms with Gasteiger partial charge in [0, 0.05) is 12.1 Å². The maximum absolute atomic E-state index is 13.8. The lowest BCUT2D eigenvalue weighted by molar-refractivity contribution is 0.285. The molecule has 0 bridgehead atoms. The summed E-state index contributed by atoms with van der Waals surface area (Å²) in [6, 6.07) is 3.74. The summed E-state index contributed by atoms with van der Waals surface area (Å²) in [5.41, 5.74) is 1.78. The Kier molecular flexibility index (Phi) is 3.52. The lowest BCUT2D eigenvalue weighted by Gasteiger charge is -2.28. The predicted molar refractivity (Wildman–Crippen MR) is 81.4 cm³/mol. The van der Waals surface area contributed by atoms with Crippen molar-refractivity contribution >= 4 is 39.2 Å². The van der Waals surface area contributed by atoms with Crippen molar-refractivity contribution in [1.29, 1.82) is 0 Å². The number of hydrogen-bond donors (Lipinski definition) is 1.